The summed E-state index contributed by atoms with van der Waals surface area (Å²) in [5.41, 5.74) is -6.02. The van der Waals surface area contributed by atoms with Gasteiger partial charge >= 0.3 is 153 Å². The summed E-state index contributed by atoms with van der Waals surface area (Å²) >= 11 is -1.58. The quantitative estimate of drug-likeness (QED) is 0.104. The van der Waals surface area contributed by atoms with Gasteiger partial charge in [0, 0.05) is 0 Å². The van der Waals surface area contributed by atoms with Crippen LogP contribution in [0, 0.1) is 11.3 Å². The van der Waals surface area contributed by atoms with Gasteiger partial charge in [0.1, 0.15) is 0 Å². The van der Waals surface area contributed by atoms with Gasteiger partial charge in [0.05, 0.1) is 0 Å². The third kappa shape index (κ3) is 2.82. The zero-order valence-corrected chi connectivity index (χ0v) is 16.1. The predicted octanol–water partition coefficient (Wildman–Crippen LogP) is 3.17. The Balaban J connectivity index is 1.84. The Labute approximate surface area is 153 Å². The second kappa shape index (κ2) is 5.83. The van der Waals surface area contributed by atoms with Crippen molar-refractivity contribution in [2.75, 3.05) is 0 Å². The van der Waals surface area contributed by atoms with Crippen LogP contribution in [0.1, 0.15) is 39.5 Å². The minimum atomic E-state index is -5.93. The van der Waals surface area contributed by atoms with Gasteiger partial charge in [-0.25, -0.2) is 0 Å². The zero-order valence-electron chi connectivity index (χ0n) is 13.9. The molecular formula is C14H19F6IN2O3. The maximum atomic E-state index is 13.2. The van der Waals surface area contributed by atoms with Crippen LogP contribution in [0.15, 0.2) is 0 Å². The number of esters is 1. The number of halogens is 7. The van der Waals surface area contributed by atoms with E-state index in [4.69, 9.17) is 4.74 Å². The van der Waals surface area contributed by atoms with E-state index in [0.717, 1.165) is 0 Å². The summed E-state index contributed by atoms with van der Waals surface area (Å²) in [6.45, 7) is 3.08. The molecule has 2 aliphatic heterocycles. The average Bonchev–Trinajstić information content (AvgIpc) is 3.34. The van der Waals surface area contributed by atoms with Gasteiger partial charge in [0.15, 0.2) is 0 Å². The van der Waals surface area contributed by atoms with Crippen LogP contribution >= 0.6 is 20.4 Å². The molecule has 2 saturated heterocycles. The number of carbonyl (C=O) groups is 1. The first-order chi connectivity index (χ1) is 11.7. The van der Waals surface area contributed by atoms with Crippen molar-refractivity contribution >= 4 is 26.3 Å². The fourth-order valence-electron chi connectivity index (χ4n) is 3.42. The topological polar surface area (TPSA) is 90.4 Å². The molecule has 3 fully saturated rings. The van der Waals surface area contributed by atoms with Crippen molar-refractivity contribution in [2.45, 2.75) is 67.3 Å². The molecule has 0 amide bonds. The minimum absolute atomic E-state index is 0.0828. The Kier molecular flexibility index (Phi) is 4.57. The van der Waals surface area contributed by atoms with Crippen LogP contribution < -0.4 is 7.06 Å². The molecule has 1 aliphatic carbocycles. The van der Waals surface area contributed by atoms with Gasteiger partial charge < -0.3 is 0 Å². The molecule has 0 bridgehead atoms. The van der Waals surface area contributed by atoms with Gasteiger partial charge in [-0.15, -0.1) is 0 Å². The third-order valence-corrected chi connectivity index (χ3v) is 10.5. The van der Waals surface area contributed by atoms with Crippen LogP contribution in [0.5, 0.6) is 0 Å². The van der Waals surface area contributed by atoms with E-state index >= 15 is 0 Å². The van der Waals surface area contributed by atoms with E-state index in [0.29, 0.717) is 6.42 Å². The van der Waals surface area contributed by atoms with Gasteiger partial charge in [-0.1, -0.05) is 0 Å². The van der Waals surface area contributed by atoms with Crippen LogP contribution in [0.4, 0.5) is 26.3 Å². The Morgan fingerprint density at radius 3 is 1.96 bits per heavy atom. The summed E-state index contributed by atoms with van der Waals surface area (Å²) in [6, 6.07) is 0. The maximum absolute atomic E-state index is 13.2. The SMILES string of the molecule is CC(C)(C(=O)OC1CCCCC1C(O)(C(F)(F)F)C(F)(F)F)C12NI1N2. The molecule has 152 valence electrons. The molecule has 2 atom stereocenters. The van der Waals surface area contributed by atoms with E-state index in [2.05, 4.69) is 7.06 Å². The number of carbonyl (C=O) groups excluding carboxylic acids is 1. The molecule has 1 saturated carbocycles. The summed E-state index contributed by atoms with van der Waals surface area (Å²) in [4.78, 5) is 12.5. The summed E-state index contributed by atoms with van der Waals surface area (Å²) < 4.78 is 90.0. The van der Waals surface area contributed by atoms with Crippen LogP contribution in [0.3, 0.4) is 0 Å². The number of aliphatic hydroxyl groups is 1. The standard InChI is InChI=1S/C14H19F6IN2O3/c1-10(2,14-21(22-14)23-14)9(24)26-8-6-4-3-5-7(8)11(25,12(15,16)17)13(18,19)20/h7-8,22-23,25H,3-6H2,1-2H3. The third-order valence-electron chi connectivity index (χ3n) is 5.39. The van der Waals surface area contributed by atoms with Crippen molar-refractivity contribution < 1.29 is 41.0 Å². The molecule has 3 rings (SSSR count). The first-order valence-electron chi connectivity index (χ1n) is 8.01. The predicted molar refractivity (Wildman–Crippen MR) is 85.7 cm³/mol. The molecule has 5 nitrogen and oxygen atoms in total. The summed E-state index contributed by atoms with van der Waals surface area (Å²) in [5, 5.41) is 9.72. The molecule has 0 spiro atoms. The average molecular weight is 504 g/mol. The van der Waals surface area contributed by atoms with Gasteiger partial charge in [-0.05, 0) is 0 Å². The van der Waals surface area contributed by atoms with E-state index in [1.165, 1.54) is 13.8 Å². The van der Waals surface area contributed by atoms with Crippen molar-refractivity contribution in [1.82, 2.24) is 7.06 Å². The number of hydrogen-bond donors (Lipinski definition) is 3. The molecule has 3 N–H and O–H groups in total. The monoisotopic (exact) mass is 504 g/mol. The Morgan fingerprint density at radius 1 is 1.08 bits per heavy atom. The van der Waals surface area contributed by atoms with Crippen molar-refractivity contribution in [3.63, 3.8) is 0 Å². The molecule has 12 heteroatoms. The van der Waals surface area contributed by atoms with Crippen molar-refractivity contribution in [1.29, 1.82) is 0 Å². The van der Waals surface area contributed by atoms with Gasteiger partial charge in [-0.3, -0.25) is 0 Å². The molecule has 0 aromatic heterocycles. The van der Waals surface area contributed by atoms with E-state index in [1.807, 2.05) is 0 Å². The molecular weight excluding hydrogens is 485 g/mol. The summed E-state index contributed by atoms with van der Waals surface area (Å²) in [6.07, 6.45) is -13.8. The summed E-state index contributed by atoms with van der Waals surface area (Å²) in [5.74, 6) is -3.15. The summed E-state index contributed by atoms with van der Waals surface area (Å²) in [7, 11) is 0. The number of fused-ring (bicyclic) bond motifs is 1. The van der Waals surface area contributed by atoms with Gasteiger partial charge in [-0.2, -0.15) is 0 Å². The molecule has 26 heavy (non-hydrogen) atoms. The number of ether oxygens (including phenoxy) is 1. The van der Waals surface area contributed by atoms with E-state index < -0.39 is 71.8 Å². The Bertz CT molecular complexity index is 588. The molecule has 0 aromatic carbocycles. The first kappa shape index (κ1) is 20.4. The van der Waals surface area contributed by atoms with E-state index in [9.17, 15) is 36.2 Å². The van der Waals surface area contributed by atoms with Gasteiger partial charge in [0.25, 0.3) is 0 Å². The Hall–Kier alpha value is -0.340. The van der Waals surface area contributed by atoms with Crippen LogP contribution in [-0.2, 0) is 9.53 Å². The molecule has 0 aromatic rings. The molecule has 0 radical (unpaired) electrons. The molecule has 2 unspecified atom stereocenters. The zero-order chi connectivity index (χ0) is 19.8. The van der Waals surface area contributed by atoms with E-state index in [-0.39, 0.29) is 12.8 Å². The first-order valence-corrected chi connectivity index (χ1v) is 11.2. The van der Waals surface area contributed by atoms with Gasteiger partial charge in [0.2, 0.25) is 0 Å². The number of alkyl halides is 7. The van der Waals surface area contributed by atoms with E-state index in [1.54, 1.807) is 0 Å². The number of hydrogen-bond acceptors (Lipinski definition) is 5. The van der Waals surface area contributed by atoms with Crippen LogP contribution in [-0.4, -0.2) is 38.8 Å². The fourth-order valence-corrected chi connectivity index (χ4v) is 8.99. The van der Waals surface area contributed by atoms with Crippen LogP contribution in [0.25, 0.3) is 0 Å². The second-order valence-corrected chi connectivity index (χ2v) is 11.7. The second-order valence-electron chi connectivity index (χ2n) is 7.35. The fraction of sp³-hybridized carbons (Fsp3) is 0.929. The Morgan fingerprint density at radius 2 is 1.54 bits per heavy atom. The molecule has 3 aliphatic rings. The molecule has 2 heterocycles. The normalized spacial score (nSPS) is 29.8. The van der Waals surface area contributed by atoms with Crippen molar-refractivity contribution in [3.8, 4) is 0 Å². The van der Waals surface area contributed by atoms with Crippen molar-refractivity contribution in [3.05, 3.63) is 0 Å². The van der Waals surface area contributed by atoms with Crippen LogP contribution in [0.2, 0.25) is 0 Å². The number of rotatable bonds is 4. The number of nitrogens with one attached hydrogen (secondary N) is 2. The van der Waals surface area contributed by atoms with Crippen molar-refractivity contribution in [2.24, 2.45) is 11.3 Å².